The molecule has 8 heteroatoms. The summed E-state index contributed by atoms with van der Waals surface area (Å²) in [5.74, 6) is -0.0195. The zero-order valence-electron chi connectivity index (χ0n) is 10.9. The van der Waals surface area contributed by atoms with Crippen molar-refractivity contribution in [3.63, 3.8) is 0 Å². The SMILES string of the molecule is CCNCCS(=O)(=O)N(C)c1ccc([N+](=O)[O-])cc1. The van der Waals surface area contributed by atoms with Gasteiger partial charge in [0.05, 0.1) is 16.4 Å². The van der Waals surface area contributed by atoms with Crippen LogP contribution in [-0.4, -0.2) is 39.2 Å². The molecule has 1 aromatic rings. The average molecular weight is 287 g/mol. The lowest BCUT2D eigenvalue weighted by Gasteiger charge is -2.19. The van der Waals surface area contributed by atoms with Gasteiger partial charge < -0.3 is 5.32 Å². The van der Waals surface area contributed by atoms with Gasteiger partial charge in [-0.3, -0.25) is 14.4 Å². The summed E-state index contributed by atoms with van der Waals surface area (Å²) in [6.45, 7) is 2.97. The highest BCUT2D eigenvalue weighted by atomic mass is 32.2. The number of nitrogens with one attached hydrogen (secondary N) is 1. The van der Waals surface area contributed by atoms with Crippen LogP contribution in [0.4, 0.5) is 11.4 Å². The van der Waals surface area contributed by atoms with E-state index in [0.29, 0.717) is 18.8 Å². The molecular weight excluding hydrogens is 270 g/mol. The fourth-order valence-electron chi connectivity index (χ4n) is 1.46. The minimum absolute atomic E-state index is 0.0195. The summed E-state index contributed by atoms with van der Waals surface area (Å²) >= 11 is 0. The van der Waals surface area contributed by atoms with Gasteiger partial charge in [-0.05, 0) is 18.7 Å². The lowest BCUT2D eigenvalue weighted by molar-refractivity contribution is -0.384. The number of rotatable bonds is 7. The highest BCUT2D eigenvalue weighted by molar-refractivity contribution is 7.92. The van der Waals surface area contributed by atoms with Crippen LogP contribution in [0.15, 0.2) is 24.3 Å². The van der Waals surface area contributed by atoms with E-state index in [0.717, 1.165) is 4.31 Å². The van der Waals surface area contributed by atoms with Crippen molar-refractivity contribution < 1.29 is 13.3 Å². The third-order valence-electron chi connectivity index (χ3n) is 2.63. The average Bonchev–Trinajstić information content (AvgIpc) is 2.38. The highest BCUT2D eigenvalue weighted by Gasteiger charge is 2.18. The lowest BCUT2D eigenvalue weighted by Crippen LogP contribution is -2.33. The van der Waals surface area contributed by atoms with Crippen molar-refractivity contribution >= 4 is 21.4 Å². The molecule has 1 rings (SSSR count). The number of anilines is 1. The summed E-state index contributed by atoms with van der Waals surface area (Å²) in [4.78, 5) is 9.99. The smallest absolute Gasteiger partial charge is 0.269 e. The van der Waals surface area contributed by atoms with Crippen molar-refractivity contribution in [3.05, 3.63) is 34.4 Å². The molecule has 0 heterocycles. The summed E-state index contributed by atoms with van der Waals surface area (Å²) in [5, 5.41) is 13.5. The molecule has 0 saturated carbocycles. The third kappa shape index (κ3) is 4.18. The van der Waals surface area contributed by atoms with Crippen molar-refractivity contribution in [1.82, 2.24) is 5.32 Å². The van der Waals surface area contributed by atoms with E-state index in [2.05, 4.69) is 5.32 Å². The number of nitrogens with zero attached hydrogens (tertiary/aromatic N) is 2. The van der Waals surface area contributed by atoms with Gasteiger partial charge in [-0.15, -0.1) is 0 Å². The first-order valence-corrected chi connectivity index (χ1v) is 7.41. The second kappa shape index (κ2) is 6.48. The fourth-order valence-corrected chi connectivity index (χ4v) is 2.58. The second-order valence-corrected chi connectivity index (χ2v) is 6.03. The van der Waals surface area contributed by atoms with Crippen LogP contribution < -0.4 is 9.62 Å². The van der Waals surface area contributed by atoms with E-state index in [4.69, 9.17) is 0 Å². The molecule has 0 atom stereocenters. The molecule has 0 spiro atoms. The van der Waals surface area contributed by atoms with Gasteiger partial charge in [-0.1, -0.05) is 6.92 Å². The minimum Gasteiger partial charge on any atom is -0.316 e. The Bertz CT molecular complexity index is 527. The van der Waals surface area contributed by atoms with Gasteiger partial charge in [-0.2, -0.15) is 0 Å². The van der Waals surface area contributed by atoms with Crippen LogP contribution in [0.25, 0.3) is 0 Å². The molecule has 0 unspecified atom stereocenters. The molecule has 0 fully saturated rings. The largest absolute Gasteiger partial charge is 0.316 e. The highest BCUT2D eigenvalue weighted by Crippen LogP contribution is 2.20. The molecule has 106 valence electrons. The molecule has 19 heavy (non-hydrogen) atoms. The van der Waals surface area contributed by atoms with Gasteiger partial charge in [0, 0.05) is 25.7 Å². The molecule has 1 N–H and O–H groups in total. The first-order valence-electron chi connectivity index (χ1n) is 5.80. The number of sulfonamides is 1. The third-order valence-corrected chi connectivity index (χ3v) is 4.39. The maximum atomic E-state index is 12.0. The van der Waals surface area contributed by atoms with Gasteiger partial charge in [0.15, 0.2) is 0 Å². The quantitative estimate of drug-likeness (QED) is 0.458. The van der Waals surface area contributed by atoms with E-state index in [-0.39, 0.29) is 11.4 Å². The van der Waals surface area contributed by atoms with Crippen LogP contribution >= 0.6 is 0 Å². The number of non-ortho nitro benzene ring substituents is 1. The van der Waals surface area contributed by atoms with E-state index >= 15 is 0 Å². The summed E-state index contributed by atoms with van der Waals surface area (Å²) < 4.78 is 25.1. The maximum Gasteiger partial charge on any atom is 0.269 e. The van der Waals surface area contributed by atoms with Crippen LogP contribution in [-0.2, 0) is 10.0 Å². The molecule has 0 aliphatic heterocycles. The topological polar surface area (TPSA) is 92.6 Å². The molecule has 0 aliphatic rings. The van der Waals surface area contributed by atoms with Gasteiger partial charge in [0.25, 0.3) is 5.69 Å². The standard InChI is InChI=1S/C11H17N3O4S/c1-3-12-8-9-19(17,18)13(2)10-4-6-11(7-5-10)14(15)16/h4-7,12H,3,8-9H2,1-2H3. The van der Waals surface area contributed by atoms with Crippen LogP contribution in [0.1, 0.15) is 6.92 Å². The van der Waals surface area contributed by atoms with Gasteiger partial charge in [0.1, 0.15) is 0 Å². The summed E-state index contributed by atoms with van der Waals surface area (Å²) in [7, 11) is -1.98. The fraction of sp³-hybridized carbons (Fsp3) is 0.455. The summed E-state index contributed by atoms with van der Waals surface area (Å²) in [6.07, 6.45) is 0. The molecule has 0 radical (unpaired) electrons. The number of hydrogen-bond donors (Lipinski definition) is 1. The Balaban J connectivity index is 2.81. The van der Waals surface area contributed by atoms with Gasteiger partial charge in [0.2, 0.25) is 10.0 Å². The molecule has 0 aliphatic carbocycles. The number of benzene rings is 1. The lowest BCUT2D eigenvalue weighted by atomic mass is 10.3. The zero-order valence-corrected chi connectivity index (χ0v) is 11.7. The normalized spacial score (nSPS) is 11.3. The molecule has 7 nitrogen and oxygen atoms in total. The first-order chi connectivity index (χ1) is 8.88. The zero-order chi connectivity index (χ0) is 14.5. The van der Waals surface area contributed by atoms with Crippen molar-refractivity contribution in [2.24, 2.45) is 0 Å². The minimum atomic E-state index is -3.42. The molecule has 0 aromatic heterocycles. The Morgan fingerprint density at radius 2 is 1.89 bits per heavy atom. The van der Waals surface area contributed by atoms with Crippen LogP contribution in [0, 0.1) is 10.1 Å². The van der Waals surface area contributed by atoms with Crippen molar-refractivity contribution in [1.29, 1.82) is 0 Å². The molecule has 0 saturated heterocycles. The number of hydrogen-bond acceptors (Lipinski definition) is 5. The monoisotopic (exact) mass is 287 g/mol. The molecule has 0 amide bonds. The van der Waals surface area contributed by atoms with Crippen LogP contribution in [0.5, 0.6) is 0 Å². The van der Waals surface area contributed by atoms with Crippen molar-refractivity contribution in [3.8, 4) is 0 Å². The summed E-state index contributed by atoms with van der Waals surface area (Å²) in [6, 6.07) is 5.41. The Morgan fingerprint density at radius 1 is 1.32 bits per heavy atom. The molecular formula is C11H17N3O4S. The van der Waals surface area contributed by atoms with E-state index in [1.165, 1.54) is 31.3 Å². The second-order valence-electron chi connectivity index (χ2n) is 3.91. The number of nitro benzene ring substituents is 1. The Hall–Kier alpha value is -1.67. The molecule has 1 aromatic carbocycles. The Morgan fingerprint density at radius 3 is 2.37 bits per heavy atom. The van der Waals surface area contributed by atoms with Crippen molar-refractivity contribution in [2.45, 2.75) is 6.92 Å². The van der Waals surface area contributed by atoms with Crippen LogP contribution in [0.3, 0.4) is 0 Å². The van der Waals surface area contributed by atoms with E-state index in [1.54, 1.807) is 0 Å². The van der Waals surface area contributed by atoms with Crippen LogP contribution in [0.2, 0.25) is 0 Å². The van der Waals surface area contributed by atoms with E-state index in [9.17, 15) is 18.5 Å². The predicted molar refractivity (Wildman–Crippen MR) is 73.8 cm³/mol. The Labute approximate surface area is 112 Å². The van der Waals surface area contributed by atoms with Gasteiger partial charge >= 0.3 is 0 Å². The Kier molecular flexibility index (Phi) is 5.25. The number of nitro groups is 1. The van der Waals surface area contributed by atoms with Crippen molar-refractivity contribution in [2.75, 3.05) is 30.2 Å². The predicted octanol–water partition coefficient (Wildman–Crippen LogP) is 0.970. The molecule has 0 bridgehead atoms. The van der Waals surface area contributed by atoms with E-state index in [1.807, 2.05) is 6.92 Å². The van der Waals surface area contributed by atoms with Gasteiger partial charge in [-0.25, -0.2) is 8.42 Å². The van der Waals surface area contributed by atoms with E-state index < -0.39 is 14.9 Å². The first kappa shape index (κ1) is 15.4. The maximum absolute atomic E-state index is 12.0. The summed E-state index contributed by atoms with van der Waals surface area (Å²) in [5.41, 5.74) is 0.337.